The Morgan fingerprint density at radius 3 is 2.67 bits per heavy atom. The van der Waals surface area contributed by atoms with Crippen molar-refractivity contribution in [1.82, 2.24) is 29.5 Å². The van der Waals surface area contributed by atoms with Crippen LogP contribution in [0.3, 0.4) is 0 Å². The van der Waals surface area contributed by atoms with E-state index in [1.807, 2.05) is 27.0 Å². The fraction of sp³-hybridized carbons (Fsp3) is 0.692. The van der Waals surface area contributed by atoms with Crippen LogP contribution in [0.2, 0.25) is 0 Å². The van der Waals surface area contributed by atoms with Gasteiger partial charge in [-0.2, -0.15) is 10.1 Å². The summed E-state index contributed by atoms with van der Waals surface area (Å²) in [6, 6.07) is 0.439. The maximum atomic E-state index is 12.2. The minimum atomic E-state index is -0.364. The van der Waals surface area contributed by atoms with Gasteiger partial charge in [0.05, 0.1) is 17.4 Å². The highest BCUT2D eigenvalue weighted by Crippen LogP contribution is 2.43. The number of hydrogen-bond acceptors (Lipinski definition) is 8. The third-order valence-electron chi connectivity index (χ3n) is 7.56. The summed E-state index contributed by atoms with van der Waals surface area (Å²) in [6.45, 7) is 10.3. The van der Waals surface area contributed by atoms with Crippen molar-refractivity contribution in [3.05, 3.63) is 23.7 Å². The molecule has 2 aromatic rings. The first-order chi connectivity index (χ1) is 17.3. The third-order valence-corrected chi connectivity index (χ3v) is 7.56. The first-order valence-electron chi connectivity index (χ1n) is 13.4. The Hall–Kier alpha value is -2.88. The van der Waals surface area contributed by atoms with Gasteiger partial charge in [-0.1, -0.05) is 0 Å². The molecule has 4 heterocycles. The molecule has 0 spiro atoms. The minimum absolute atomic E-state index is 0.213. The average molecular weight is 497 g/mol. The second-order valence-corrected chi connectivity index (χ2v) is 11.2. The summed E-state index contributed by atoms with van der Waals surface area (Å²) < 4.78 is 7.62. The maximum absolute atomic E-state index is 12.2. The molecule has 36 heavy (non-hydrogen) atoms. The van der Waals surface area contributed by atoms with E-state index < -0.39 is 0 Å². The minimum Gasteiger partial charge on any atom is -0.443 e. The van der Waals surface area contributed by atoms with Crippen LogP contribution in [-0.4, -0.2) is 81.0 Å². The molecule has 196 valence electrons. The monoisotopic (exact) mass is 496 g/mol. The van der Waals surface area contributed by atoms with E-state index in [0.29, 0.717) is 24.5 Å². The first kappa shape index (κ1) is 24.8. The molecule has 10 nitrogen and oxygen atoms in total. The van der Waals surface area contributed by atoms with Crippen molar-refractivity contribution in [3.8, 4) is 0 Å². The molecule has 10 heteroatoms. The van der Waals surface area contributed by atoms with E-state index in [0.717, 1.165) is 69.1 Å². The predicted octanol–water partition coefficient (Wildman–Crippen LogP) is 4.29. The van der Waals surface area contributed by atoms with Gasteiger partial charge < -0.3 is 25.2 Å². The molecule has 2 saturated heterocycles. The predicted molar refractivity (Wildman–Crippen MR) is 140 cm³/mol. The Morgan fingerprint density at radius 1 is 1.17 bits per heavy atom. The largest absolute Gasteiger partial charge is 0.443 e. The van der Waals surface area contributed by atoms with Crippen LogP contribution in [-0.2, 0) is 4.74 Å². The van der Waals surface area contributed by atoms with Crippen molar-refractivity contribution >= 4 is 23.5 Å². The van der Waals surface area contributed by atoms with Gasteiger partial charge in [0.15, 0.2) is 0 Å². The normalized spacial score (nSPS) is 20.9. The topological polar surface area (TPSA) is 100 Å². The molecule has 0 unspecified atom stereocenters. The van der Waals surface area contributed by atoms with Crippen molar-refractivity contribution in [1.29, 1.82) is 0 Å². The van der Waals surface area contributed by atoms with Crippen LogP contribution >= 0.6 is 0 Å². The Balaban J connectivity index is 1.20. The van der Waals surface area contributed by atoms with Crippen LogP contribution in [0.5, 0.6) is 0 Å². The van der Waals surface area contributed by atoms with E-state index in [1.54, 1.807) is 4.90 Å². The quantitative estimate of drug-likeness (QED) is 0.496. The maximum Gasteiger partial charge on any atom is 0.410 e. The standard InChI is InChI=1S/C26H40N8O2/c1-18-22(17-34(31-18)20-8-13-32(4)14-9-20)29-24-28-16-21(19-6-7-19)23(30-24)27-11-5-12-33-15-10-26(2,3)36-25(33)35/h16-17,19-20H,5-15H2,1-4H3,(H2,27,28,29,30). The van der Waals surface area contributed by atoms with E-state index in [2.05, 4.69) is 38.4 Å². The molecular formula is C26H40N8O2. The van der Waals surface area contributed by atoms with Gasteiger partial charge in [-0.05, 0) is 78.9 Å². The lowest BCUT2D eigenvalue weighted by atomic mass is 10.0. The lowest BCUT2D eigenvalue weighted by Crippen LogP contribution is -2.47. The summed E-state index contributed by atoms with van der Waals surface area (Å²) >= 11 is 0. The van der Waals surface area contributed by atoms with Gasteiger partial charge >= 0.3 is 6.09 Å². The van der Waals surface area contributed by atoms with Gasteiger partial charge in [0.25, 0.3) is 0 Å². The summed E-state index contributed by atoms with van der Waals surface area (Å²) in [5, 5.41) is 11.7. The number of rotatable bonds is 9. The molecule has 0 aromatic carbocycles. The van der Waals surface area contributed by atoms with Crippen molar-refractivity contribution < 1.29 is 9.53 Å². The molecule has 2 aliphatic heterocycles. The molecule has 3 aliphatic rings. The summed E-state index contributed by atoms with van der Waals surface area (Å²) in [6.07, 6.45) is 10.1. The van der Waals surface area contributed by atoms with Crippen LogP contribution < -0.4 is 10.6 Å². The zero-order chi connectivity index (χ0) is 25.3. The SMILES string of the molecule is Cc1nn(C2CCN(C)CC2)cc1Nc1ncc(C2CC2)c(NCCCN2CCC(C)(C)OC2=O)n1. The van der Waals surface area contributed by atoms with Crippen molar-refractivity contribution in [2.24, 2.45) is 0 Å². The van der Waals surface area contributed by atoms with Gasteiger partial charge in [-0.3, -0.25) is 4.68 Å². The number of aryl methyl sites for hydroxylation is 1. The zero-order valence-corrected chi connectivity index (χ0v) is 22.1. The fourth-order valence-corrected chi connectivity index (χ4v) is 4.98. The molecular weight excluding hydrogens is 456 g/mol. The van der Waals surface area contributed by atoms with E-state index in [4.69, 9.17) is 14.8 Å². The smallest absolute Gasteiger partial charge is 0.410 e. The molecule has 1 aliphatic carbocycles. The lowest BCUT2D eigenvalue weighted by molar-refractivity contribution is -0.0253. The van der Waals surface area contributed by atoms with Gasteiger partial charge in [0.2, 0.25) is 5.95 Å². The third kappa shape index (κ3) is 5.91. The number of anilines is 3. The lowest BCUT2D eigenvalue weighted by Gasteiger charge is -2.36. The Kier molecular flexibility index (Phi) is 7.05. The zero-order valence-electron chi connectivity index (χ0n) is 22.1. The highest BCUT2D eigenvalue weighted by atomic mass is 16.6. The fourth-order valence-electron chi connectivity index (χ4n) is 4.98. The van der Waals surface area contributed by atoms with E-state index >= 15 is 0 Å². The van der Waals surface area contributed by atoms with Crippen LogP contribution in [0.4, 0.5) is 22.2 Å². The highest BCUT2D eigenvalue weighted by Gasteiger charge is 2.32. The summed E-state index contributed by atoms with van der Waals surface area (Å²) in [7, 11) is 2.17. The van der Waals surface area contributed by atoms with Gasteiger partial charge in [0.1, 0.15) is 11.4 Å². The molecule has 0 bridgehead atoms. The second kappa shape index (κ2) is 10.2. The molecule has 0 radical (unpaired) electrons. The number of amides is 1. The summed E-state index contributed by atoms with van der Waals surface area (Å²) in [5.41, 5.74) is 2.72. The van der Waals surface area contributed by atoms with E-state index in [1.165, 1.54) is 18.4 Å². The van der Waals surface area contributed by atoms with E-state index in [9.17, 15) is 4.79 Å². The number of carbonyl (C=O) groups excluding carboxylic acids is 1. The van der Waals surface area contributed by atoms with E-state index in [-0.39, 0.29) is 11.7 Å². The van der Waals surface area contributed by atoms with Crippen molar-refractivity contribution in [2.75, 3.05) is 50.4 Å². The number of nitrogens with zero attached hydrogens (tertiary/aromatic N) is 6. The van der Waals surface area contributed by atoms with Crippen molar-refractivity contribution in [2.45, 2.75) is 76.9 Å². The molecule has 0 atom stereocenters. The van der Waals surface area contributed by atoms with Crippen LogP contribution in [0.15, 0.2) is 12.4 Å². The molecule has 1 amide bonds. The number of ether oxygens (including phenoxy) is 1. The number of carbonyl (C=O) groups is 1. The molecule has 3 fully saturated rings. The number of piperidine rings is 1. The van der Waals surface area contributed by atoms with Gasteiger partial charge in [-0.25, -0.2) is 9.78 Å². The molecule has 5 rings (SSSR count). The summed E-state index contributed by atoms with van der Waals surface area (Å²) in [4.78, 5) is 25.9. The Morgan fingerprint density at radius 2 is 1.94 bits per heavy atom. The number of nitrogens with one attached hydrogen (secondary N) is 2. The second-order valence-electron chi connectivity index (χ2n) is 11.2. The van der Waals surface area contributed by atoms with Crippen molar-refractivity contribution in [3.63, 3.8) is 0 Å². The molecule has 2 N–H and O–H groups in total. The average Bonchev–Trinajstić information content (AvgIpc) is 3.61. The van der Waals surface area contributed by atoms with Gasteiger partial charge in [-0.15, -0.1) is 0 Å². The number of aromatic nitrogens is 4. The van der Waals surface area contributed by atoms with Crippen LogP contribution in [0.25, 0.3) is 0 Å². The number of cyclic esters (lactones) is 1. The highest BCUT2D eigenvalue weighted by molar-refractivity contribution is 5.69. The summed E-state index contributed by atoms with van der Waals surface area (Å²) in [5.74, 6) is 2.00. The van der Waals surface area contributed by atoms with Crippen LogP contribution in [0, 0.1) is 6.92 Å². The number of hydrogen-bond donors (Lipinski definition) is 2. The Labute approximate surface area is 213 Å². The van der Waals surface area contributed by atoms with Gasteiger partial charge in [0, 0.05) is 44.0 Å². The first-order valence-corrected chi connectivity index (χ1v) is 13.4. The number of likely N-dealkylation sites (tertiary alicyclic amines) is 1. The molecule has 2 aromatic heterocycles. The molecule has 1 saturated carbocycles. The Bertz CT molecular complexity index is 1070. The van der Waals surface area contributed by atoms with Crippen LogP contribution in [0.1, 0.15) is 75.6 Å².